The fraction of sp³-hybridized carbons (Fsp3) is 0.250. The Hall–Kier alpha value is -3.59. The van der Waals surface area contributed by atoms with Crippen molar-refractivity contribution in [3.8, 4) is 5.69 Å². The standard InChI is InChI=1S/C24H25N5O3S/c1-4-28-22(31)18-12-8-9-13-19(18)25-24(28)33-15-14-20(30)26-21-16(2)27(3)29(23(21)32)17-10-6-5-7-11-17/h5-13H,4,14-15H2,1-3H3,(H,26,30). The number of carbonyl (C=O) groups excluding carboxylic acids is 1. The molecule has 0 saturated heterocycles. The van der Waals surface area contributed by atoms with Crippen molar-refractivity contribution in [1.82, 2.24) is 18.9 Å². The van der Waals surface area contributed by atoms with Gasteiger partial charge in [-0.05, 0) is 38.1 Å². The van der Waals surface area contributed by atoms with Crippen LogP contribution in [0.15, 0.2) is 69.3 Å². The van der Waals surface area contributed by atoms with Crippen molar-refractivity contribution < 1.29 is 4.79 Å². The topological polar surface area (TPSA) is 90.9 Å². The molecule has 0 bridgehead atoms. The molecule has 0 fully saturated rings. The quantitative estimate of drug-likeness (QED) is 0.335. The molecule has 170 valence electrons. The zero-order valence-electron chi connectivity index (χ0n) is 18.7. The molecule has 33 heavy (non-hydrogen) atoms. The first-order valence-electron chi connectivity index (χ1n) is 10.7. The summed E-state index contributed by atoms with van der Waals surface area (Å²) < 4.78 is 4.87. The van der Waals surface area contributed by atoms with E-state index in [0.717, 1.165) is 5.69 Å². The summed E-state index contributed by atoms with van der Waals surface area (Å²) in [6, 6.07) is 16.5. The molecule has 0 unspecified atom stereocenters. The van der Waals surface area contributed by atoms with Crippen molar-refractivity contribution in [3.05, 3.63) is 81.0 Å². The monoisotopic (exact) mass is 463 g/mol. The van der Waals surface area contributed by atoms with Crippen LogP contribution in [0.5, 0.6) is 0 Å². The Kier molecular flexibility index (Phi) is 6.50. The second-order valence-corrected chi connectivity index (χ2v) is 8.61. The minimum Gasteiger partial charge on any atom is -0.320 e. The van der Waals surface area contributed by atoms with Crippen LogP contribution in [0.2, 0.25) is 0 Å². The lowest BCUT2D eigenvalue weighted by atomic mass is 10.2. The van der Waals surface area contributed by atoms with Gasteiger partial charge >= 0.3 is 0 Å². The smallest absolute Gasteiger partial charge is 0.295 e. The SMILES string of the molecule is CCn1c(SCCC(=O)Nc2c(C)n(C)n(-c3ccccc3)c2=O)nc2ccccc2c1=O. The van der Waals surface area contributed by atoms with Crippen molar-refractivity contribution in [2.24, 2.45) is 7.05 Å². The molecule has 4 rings (SSSR count). The van der Waals surface area contributed by atoms with Gasteiger partial charge in [-0.1, -0.05) is 42.1 Å². The van der Waals surface area contributed by atoms with Crippen molar-refractivity contribution in [2.75, 3.05) is 11.1 Å². The number of thioether (sulfide) groups is 1. The van der Waals surface area contributed by atoms with Crippen LogP contribution < -0.4 is 16.4 Å². The van der Waals surface area contributed by atoms with Crippen molar-refractivity contribution in [1.29, 1.82) is 0 Å². The average molecular weight is 464 g/mol. The van der Waals surface area contributed by atoms with Gasteiger partial charge in [-0.15, -0.1) is 0 Å². The molecule has 0 radical (unpaired) electrons. The Morgan fingerprint density at radius 1 is 1.03 bits per heavy atom. The number of carbonyl (C=O) groups is 1. The number of amides is 1. The van der Waals surface area contributed by atoms with E-state index in [1.807, 2.05) is 55.5 Å². The molecular formula is C24H25N5O3S. The molecule has 0 aliphatic heterocycles. The maximum Gasteiger partial charge on any atom is 0.295 e. The summed E-state index contributed by atoms with van der Waals surface area (Å²) in [5, 5.41) is 3.93. The van der Waals surface area contributed by atoms with Gasteiger partial charge < -0.3 is 5.32 Å². The van der Waals surface area contributed by atoms with E-state index >= 15 is 0 Å². The predicted molar refractivity (Wildman–Crippen MR) is 131 cm³/mol. The fourth-order valence-corrected chi connectivity index (χ4v) is 4.69. The number of rotatable bonds is 7. The van der Waals surface area contributed by atoms with Crippen LogP contribution >= 0.6 is 11.8 Å². The molecule has 1 amide bonds. The van der Waals surface area contributed by atoms with Gasteiger partial charge in [-0.3, -0.25) is 23.6 Å². The van der Waals surface area contributed by atoms with Gasteiger partial charge in [-0.25, -0.2) is 9.67 Å². The summed E-state index contributed by atoms with van der Waals surface area (Å²) in [5.74, 6) is 0.162. The van der Waals surface area contributed by atoms with Gasteiger partial charge in [-0.2, -0.15) is 0 Å². The van der Waals surface area contributed by atoms with E-state index in [2.05, 4.69) is 10.3 Å². The lowest BCUT2D eigenvalue weighted by molar-refractivity contribution is -0.115. The Labute approximate surface area is 194 Å². The van der Waals surface area contributed by atoms with Crippen LogP contribution in [0.1, 0.15) is 19.0 Å². The van der Waals surface area contributed by atoms with Gasteiger partial charge in [0.15, 0.2) is 5.16 Å². The molecule has 0 saturated carbocycles. The molecule has 0 atom stereocenters. The van der Waals surface area contributed by atoms with E-state index in [1.165, 1.54) is 16.4 Å². The largest absolute Gasteiger partial charge is 0.320 e. The minimum absolute atomic E-state index is 0.0866. The number of hydrogen-bond donors (Lipinski definition) is 1. The highest BCUT2D eigenvalue weighted by molar-refractivity contribution is 7.99. The lowest BCUT2D eigenvalue weighted by Crippen LogP contribution is -2.23. The Bertz CT molecular complexity index is 1440. The van der Waals surface area contributed by atoms with Crippen molar-refractivity contribution >= 4 is 34.3 Å². The molecule has 9 heteroatoms. The van der Waals surface area contributed by atoms with Gasteiger partial charge in [0.2, 0.25) is 5.91 Å². The summed E-state index contributed by atoms with van der Waals surface area (Å²) >= 11 is 1.36. The summed E-state index contributed by atoms with van der Waals surface area (Å²) in [6.45, 7) is 4.18. The van der Waals surface area contributed by atoms with Crippen molar-refractivity contribution in [2.45, 2.75) is 32.0 Å². The third-order valence-electron chi connectivity index (χ3n) is 5.52. The first-order chi connectivity index (χ1) is 15.9. The van der Waals surface area contributed by atoms with E-state index in [-0.39, 0.29) is 29.1 Å². The first-order valence-corrected chi connectivity index (χ1v) is 11.7. The van der Waals surface area contributed by atoms with E-state index < -0.39 is 0 Å². The van der Waals surface area contributed by atoms with Crippen LogP contribution in [-0.2, 0) is 18.4 Å². The molecule has 0 spiro atoms. The predicted octanol–water partition coefficient (Wildman–Crippen LogP) is 3.34. The van der Waals surface area contributed by atoms with Crippen molar-refractivity contribution in [3.63, 3.8) is 0 Å². The molecule has 0 aliphatic rings. The minimum atomic E-state index is -0.279. The first kappa shape index (κ1) is 22.6. The number of nitrogens with one attached hydrogen (secondary N) is 1. The number of benzene rings is 2. The van der Waals surface area contributed by atoms with Gasteiger partial charge in [0.05, 0.1) is 22.3 Å². The van der Waals surface area contributed by atoms with E-state index in [1.54, 1.807) is 29.3 Å². The van der Waals surface area contributed by atoms with Crippen LogP contribution in [0.25, 0.3) is 16.6 Å². The average Bonchev–Trinajstić information content (AvgIpc) is 3.03. The number of fused-ring (bicyclic) bond motifs is 1. The lowest BCUT2D eigenvalue weighted by Gasteiger charge is -2.11. The third-order valence-corrected chi connectivity index (χ3v) is 6.50. The van der Waals surface area contributed by atoms with E-state index in [9.17, 15) is 14.4 Å². The summed E-state index contributed by atoms with van der Waals surface area (Å²) in [6.07, 6.45) is 0.177. The maximum atomic E-state index is 13.0. The van der Waals surface area contributed by atoms with E-state index in [0.29, 0.717) is 34.1 Å². The zero-order chi connectivity index (χ0) is 23.5. The zero-order valence-corrected chi connectivity index (χ0v) is 19.6. The highest BCUT2D eigenvalue weighted by atomic mass is 32.2. The summed E-state index contributed by atoms with van der Waals surface area (Å²) in [5.41, 5.74) is 1.94. The second kappa shape index (κ2) is 9.50. The maximum absolute atomic E-state index is 13.0. The van der Waals surface area contributed by atoms with Crippen LogP contribution in [0, 0.1) is 6.92 Å². The number of anilines is 1. The molecule has 1 N–H and O–H groups in total. The molecule has 2 aromatic carbocycles. The summed E-state index contributed by atoms with van der Waals surface area (Å²) in [7, 11) is 1.78. The van der Waals surface area contributed by atoms with Gasteiger partial charge in [0.25, 0.3) is 11.1 Å². The fourth-order valence-electron chi connectivity index (χ4n) is 3.69. The third kappa shape index (κ3) is 4.36. The number of para-hydroxylation sites is 2. The van der Waals surface area contributed by atoms with Crippen LogP contribution in [0.3, 0.4) is 0 Å². The molecule has 8 nitrogen and oxygen atoms in total. The van der Waals surface area contributed by atoms with E-state index in [4.69, 9.17) is 0 Å². The molecule has 2 heterocycles. The van der Waals surface area contributed by atoms with Gasteiger partial charge in [0.1, 0.15) is 5.69 Å². The molecule has 0 aliphatic carbocycles. The summed E-state index contributed by atoms with van der Waals surface area (Å²) in [4.78, 5) is 42.9. The van der Waals surface area contributed by atoms with Crippen LogP contribution in [-0.4, -0.2) is 30.6 Å². The number of aromatic nitrogens is 4. The molecule has 2 aromatic heterocycles. The highest BCUT2D eigenvalue weighted by Gasteiger charge is 2.18. The number of hydrogen-bond acceptors (Lipinski definition) is 5. The Balaban J connectivity index is 1.48. The Morgan fingerprint density at radius 2 is 1.73 bits per heavy atom. The molecular weight excluding hydrogens is 438 g/mol. The normalized spacial score (nSPS) is 11.1. The second-order valence-electron chi connectivity index (χ2n) is 7.54. The van der Waals surface area contributed by atoms with Crippen LogP contribution in [0.4, 0.5) is 5.69 Å². The number of nitrogens with zero attached hydrogens (tertiary/aromatic N) is 4. The highest BCUT2D eigenvalue weighted by Crippen LogP contribution is 2.19. The van der Waals surface area contributed by atoms with Gasteiger partial charge in [0, 0.05) is 25.8 Å². The Morgan fingerprint density at radius 3 is 2.45 bits per heavy atom. The molecule has 4 aromatic rings.